The third-order valence-corrected chi connectivity index (χ3v) is 19.8. The van der Waals surface area contributed by atoms with Gasteiger partial charge in [-0.1, -0.05) is 36.4 Å². The van der Waals surface area contributed by atoms with E-state index in [1.807, 2.05) is 12.1 Å². The van der Waals surface area contributed by atoms with Crippen LogP contribution in [0.15, 0.2) is 121 Å². The molecule has 1 fully saturated rings. The molecule has 2 nitrogen and oxygen atoms in total. The summed E-state index contributed by atoms with van der Waals surface area (Å²) in [7, 11) is 0. The Morgan fingerprint density at radius 3 is 1.20 bits per heavy atom. The number of rotatable bonds is 2. The van der Waals surface area contributed by atoms with E-state index in [2.05, 4.69) is 72.8 Å². The van der Waals surface area contributed by atoms with Crippen molar-refractivity contribution in [1.29, 1.82) is 0 Å². The Kier molecular flexibility index (Phi) is 7.16. The van der Waals surface area contributed by atoms with E-state index in [-0.39, 0.29) is 0 Å². The Bertz CT molecular complexity index is 1220. The van der Waals surface area contributed by atoms with Gasteiger partial charge < -0.3 is 10.2 Å². The van der Waals surface area contributed by atoms with Crippen LogP contribution in [0.3, 0.4) is 0 Å². The first-order valence-corrected chi connectivity index (χ1v) is 18.5. The zero-order valence-corrected chi connectivity index (χ0v) is 22.1. The van der Waals surface area contributed by atoms with Gasteiger partial charge in [0.15, 0.2) is 0 Å². The average molecular weight is 538 g/mol. The first-order valence-electron chi connectivity index (χ1n) is 12.2. The molecule has 7 rings (SSSR count). The van der Waals surface area contributed by atoms with Crippen molar-refractivity contribution in [2.45, 2.75) is 15.5 Å². The quantitative estimate of drug-likeness (QED) is 0.270. The summed E-state index contributed by atoms with van der Waals surface area (Å²) in [6, 6.07) is 35.5. The molecule has 1 saturated heterocycles. The van der Waals surface area contributed by atoms with Crippen LogP contribution in [0.1, 0.15) is 29.5 Å². The largest absolute Gasteiger partial charge is 0.508 e. The summed E-state index contributed by atoms with van der Waals surface area (Å²) >= 11 is -2.13. The molecule has 0 spiro atoms. The van der Waals surface area contributed by atoms with Crippen molar-refractivity contribution in [1.82, 2.24) is 0 Å². The van der Waals surface area contributed by atoms with E-state index in [0.717, 1.165) is 7.25 Å². The summed E-state index contributed by atoms with van der Waals surface area (Å²) in [6.45, 7) is 0. The molecular weight excluding hydrogens is 508 g/mol. The van der Waals surface area contributed by atoms with Gasteiger partial charge in [0, 0.05) is 0 Å². The normalized spacial score (nSPS) is 19.4. The number of hydrogen-bond donors (Lipinski definition) is 2. The van der Waals surface area contributed by atoms with Gasteiger partial charge in [-0.25, -0.2) is 0 Å². The molecule has 2 N–H and O–H groups in total. The molecule has 4 aromatic carbocycles. The Balaban J connectivity index is 0.000000149. The Hall–Kier alpha value is -3.16. The van der Waals surface area contributed by atoms with Crippen molar-refractivity contribution in [3.63, 3.8) is 0 Å². The maximum Gasteiger partial charge on any atom is 0.115 e. The molecule has 2 atom stereocenters. The van der Waals surface area contributed by atoms with Gasteiger partial charge in [-0.2, -0.15) is 0 Å². The second-order valence-corrected chi connectivity index (χ2v) is 20.9. The number of phenols is 2. The van der Waals surface area contributed by atoms with Gasteiger partial charge in [0.05, 0.1) is 0 Å². The molecule has 3 aliphatic rings. The Morgan fingerprint density at radius 1 is 0.486 bits per heavy atom. The molecule has 0 amide bonds. The average Bonchev–Trinajstić information content (AvgIpc) is 3.37. The van der Waals surface area contributed by atoms with Gasteiger partial charge in [0.1, 0.15) is 11.5 Å². The van der Waals surface area contributed by atoms with Crippen LogP contribution in [0.4, 0.5) is 0 Å². The number of para-hydroxylation sites is 2. The minimum atomic E-state index is -2.13. The summed E-state index contributed by atoms with van der Waals surface area (Å²) in [5.41, 5.74) is 6.20. The molecule has 3 heteroatoms. The van der Waals surface area contributed by atoms with Crippen LogP contribution in [0, 0.1) is 0 Å². The second-order valence-electron chi connectivity index (χ2n) is 9.34. The van der Waals surface area contributed by atoms with Crippen molar-refractivity contribution in [2.75, 3.05) is 0 Å². The summed E-state index contributed by atoms with van der Waals surface area (Å²) in [6.07, 6.45) is 9.84. The van der Waals surface area contributed by atoms with Crippen LogP contribution in [-0.2, 0) is 20.3 Å². The first kappa shape index (κ1) is 23.6. The molecule has 0 aromatic heterocycles. The fraction of sp³-hybridized carbons (Fsp3) is 0.125. The van der Waals surface area contributed by atoms with E-state index in [0.29, 0.717) is 11.5 Å². The van der Waals surface area contributed by atoms with E-state index >= 15 is 0 Å². The van der Waals surface area contributed by atoms with Crippen molar-refractivity contribution in [3.8, 4) is 11.5 Å². The van der Waals surface area contributed by atoms with E-state index in [4.69, 9.17) is 10.2 Å². The van der Waals surface area contributed by atoms with Gasteiger partial charge in [-0.15, -0.1) is 0 Å². The molecule has 4 aromatic rings. The third kappa shape index (κ3) is 5.26. The van der Waals surface area contributed by atoms with Crippen LogP contribution >= 0.6 is 0 Å². The van der Waals surface area contributed by atoms with E-state index in [9.17, 15) is 0 Å². The number of aromatic hydroxyl groups is 2. The van der Waals surface area contributed by atoms with Gasteiger partial charge in [0.2, 0.25) is 0 Å². The zero-order valence-electron chi connectivity index (χ0n) is 19.7. The monoisotopic (exact) mass is 536 g/mol. The Morgan fingerprint density at radius 2 is 0.857 bits per heavy atom. The molecular formula is C32H30O2Zr. The third-order valence-electron chi connectivity index (χ3n) is 7.18. The van der Waals surface area contributed by atoms with Crippen LogP contribution in [0.25, 0.3) is 12.2 Å². The Labute approximate surface area is 212 Å². The van der Waals surface area contributed by atoms with Gasteiger partial charge in [-0.3, -0.25) is 0 Å². The number of allylic oxidation sites excluding steroid dienone is 2. The summed E-state index contributed by atoms with van der Waals surface area (Å²) in [5.74, 6) is 0.644. The molecule has 1 heterocycles. The van der Waals surface area contributed by atoms with Crippen LogP contribution in [0.5, 0.6) is 11.5 Å². The van der Waals surface area contributed by atoms with Crippen molar-refractivity contribution in [2.24, 2.45) is 0 Å². The SMILES string of the molecule is C1=C[CH]([Zr]2([CH]3C=Cc4ccccc43)[CH2][CH2]2)c2ccccc21.Oc1ccccc1.Oc1ccccc1. The summed E-state index contributed by atoms with van der Waals surface area (Å²) in [5, 5.41) is 17.3. The second kappa shape index (κ2) is 10.6. The number of hydrogen-bond acceptors (Lipinski definition) is 2. The molecule has 0 bridgehead atoms. The van der Waals surface area contributed by atoms with E-state index < -0.39 is 20.3 Å². The fourth-order valence-electron chi connectivity index (χ4n) is 5.32. The zero-order chi connectivity index (χ0) is 24.1. The number of fused-ring (bicyclic) bond motifs is 2. The molecule has 0 saturated carbocycles. The molecule has 174 valence electrons. The smallest absolute Gasteiger partial charge is 0.115 e. The van der Waals surface area contributed by atoms with Crippen molar-refractivity contribution < 1.29 is 30.5 Å². The van der Waals surface area contributed by atoms with Gasteiger partial charge in [0.25, 0.3) is 0 Å². The van der Waals surface area contributed by atoms with Crippen molar-refractivity contribution in [3.05, 3.63) is 144 Å². The summed E-state index contributed by atoms with van der Waals surface area (Å²) < 4.78 is 4.72. The predicted octanol–water partition coefficient (Wildman–Crippen LogP) is 8.31. The van der Waals surface area contributed by atoms with Crippen molar-refractivity contribution >= 4 is 12.2 Å². The molecule has 35 heavy (non-hydrogen) atoms. The van der Waals surface area contributed by atoms with Gasteiger partial charge in [-0.05, 0) is 24.3 Å². The standard InChI is InChI=1S/2C9H7.2C6H6O.C2H4.Zr/c2*1-2-5-9-7-3-6-8(9)4-1;2*7-6-4-2-1-3-5-6;1-2;/h2*1-7H;2*1-5,7H;1-2H2;. The van der Waals surface area contributed by atoms with E-state index in [1.165, 1.54) is 11.1 Å². The minimum Gasteiger partial charge on any atom is -0.508 e. The molecule has 2 aliphatic carbocycles. The number of benzene rings is 4. The van der Waals surface area contributed by atoms with Crippen LogP contribution in [-0.4, -0.2) is 10.2 Å². The van der Waals surface area contributed by atoms with Gasteiger partial charge >= 0.3 is 131 Å². The maximum absolute atomic E-state index is 8.63. The minimum absolute atomic E-state index is 0.322. The van der Waals surface area contributed by atoms with E-state index in [1.54, 1.807) is 67.9 Å². The molecule has 1 aliphatic heterocycles. The van der Waals surface area contributed by atoms with Crippen LogP contribution in [0.2, 0.25) is 8.26 Å². The fourth-order valence-corrected chi connectivity index (χ4v) is 20.9. The first-order chi connectivity index (χ1) is 17.2. The summed E-state index contributed by atoms with van der Waals surface area (Å²) in [4.78, 5) is 0. The molecule has 0 radical (unpaired) electrons. The predicted molar refractivity (Wildman–Crippen MR) is 142 cm³/mol. The maximum atomic E-state index is 8.63. The number of phenolic OH excluding ortho intramolecular Hbond substituents is 2. The van der Waals surface area contributed by atoms with Crippen LogP contribution < -0.4 is 0 Å². The topological polar surface area (TPSA) is 40.5 Å². The molecule has 2 unspecified atom stereocenters.